The molecule has 0 nitrogen and oxygen atoms in total. The highest BCUT2D eigenvalue weighted by Gasteiger charge is 1.36. The average molecular weight is 102 g/mol. The van der Waals surface area contributed by atoms with Crippen LogP contribution < -0.4 is 0 Å². The maximum Gasteiger partial charge on any atom is -0.00138 e. The van der Waals surface area contributed by atoms with Gasteiger partial charge < -0.3 is 0 Å². The normalized spacial score (nSPS) is 4.12. The topological polar surface area (TPSA) is 0 Å². The largest absolute Gasteiger partial charge is 0.0687 e. The molecule has 0 heteroatoms. The molecule has 0 aromatic carbocycles. The van der Waals surface area contributed by atoms with Crippen LogP contribution in [0.15, 0.2) is 41.3 Å². The molecule has 0 aliphatic rings. The van der Waals surface area contributed by atoms with Crippen molar-refractivity contribution >= 4 is 0 Å². The monoisotopic (exact) mass is 102 g/mol. The van der Waals surface area contributed by atoms with E-state index in [0.717, 1.165) is 0 Å². The minimum Gasteiger partial charge on any atom is -0.0687 e. The van der Waals surface area contributed by atoms with E-state index in [-0.39, 0.29) is 0 Å². The molecule has 0 fully saturated rings. The maximum atomic E-state index is 3.28. The second kappa shape index (κ2) is 5.64. The lowest BCUT2D eigenvalue weighted by molar-refractivity contribution is 1.78. The number of hydrogen-bond acceptors (Lipinski definition) is 0. The van der Waals surface area contributed by atoms with Crippen LogP contribution in [0.25, 0.3) is 0 Å². The van der Waals surface area contributed by atoms with Gasteiger partial charge >= 0.3 is 0 Å². The highest BCUT2D eigenvalue weighted by molar-refractivity contribution is 4.85. The molecule has 0 aromatic heterocycles. The summed E-state index contributed by atoms with van der Waals surface area (Å²) in [5.74, 6) is 0. The quantitative estimate of drug-likeness (QED) is 0.410. The third kappa shape index (κ3) is 4.64. The summed E-state index contributed by atoms with van der Waals surface area (Å²) < 4.78 is 0. The molecule has 0 N–H and O–H groups in total. The summed E-state index contributed by atoms with van der Waals surface area (Å²) in [5, 5.41) is 0. The third-order valence-corrected chi connectivity index (χ3v) is 0.430. The average Bonchev–Trinajstić information content (AvgIpc) is 1.81. The van der Waals surface area contributed by atoms with Crippen LogP contribution in [-0.2, 0) is 0 Å². The van der Waals surface area contributed by atoms with Gasteiger partial charge in [-0.1, -0.05) is 11.5 Å². The summed E-state index contributed by atoms with van der Waals surface area (Å²) in [6, 6.07) is 0. The Morgan fingerprint density at radius 2 is 2.00 bits per heavy atom. The van der Waals surface area contributed by atoms with E-state index in [4.69, 9.17) is 0 Å². The Morgan fingerprint density at radius 1 is 1.25 bits per heavy atom. The maximum absolute atomic E-state index is 3.28. The van der Waals surface area contributed by atoms with Crippen molar-refractivity contribution in [3.8, 4) is 0 Å². The summed E-state index contributed by atoms with van der Waals surface area (Å²) in [6.07, 6.45) is 1.73. The van der Waals surface area contributed by atoms with Gasteiger partial charge in [0.05, 0.1) is 0 Å². The van der Waals surface area contributed by atoms with Gasteiger partial charge in [-0.3, -0.25) is 0 Å². The lowest BCUT2D eigenvalue weighted by atomic mass is 10.6. The molecule has 0 atom stereocenters. The first kappa shape index (κ1) is 6.64. The Labute approximate surface area is 49.2 Å². The first-order chi connectivity index (χ1) is 3.91. The summed E-state index contributed by atoms with van der Waals surface area (Å²) in [6.45, 7) is 5.14. The second-order valence-electron chi connectivity index (χ2n) is 0.985. The molecule has 0 heterocycles. The molecular formula is C8H6. The van der Waals surface area contributed by atoms with E-state index in [2.05, 4.69) is 35.2 Å². The van der Waals surface area contributed by atoms with Gasteiger partial charge in [-0.15, -0.1) is 0 Å². The number of rotatable bonds is 0. The Kier molecular flexibility index (Phi) is 4.68. The van der Waals surface area contributed by atoms with Crippen molar-refractivity contribution in [2.45, 2.75) is 6.92 Å². The molecule has 0 aromatic rings. The Morgan fingerprint density at radius 3 is 2.50 bits per heavy atom. The highest BCUT2D eigenvalue weighted by Crippen LogP contribution is 1.54. The molecule has 38 valence electrons. The molecule has 0 aliphatic carbocycles. The molecule has 0 unspecified atom stereocenters. The molecule has 8 heavy (non-hydrogen) atoms. The van der Waals surface area contributed by atoms with Crippen molar-refractivity contribution in [2.24, 2.45) is 0 Å². The standard InChI is InChI=1S/C8H6/c1-3-5-7-8-6-4-2/h4H,1H2,2H3. The zero-order valence-corrected chi connectivity index (χ0v) is 4.78. The van der Waals surface area contributed by atoms with Gasteiger partial charge in [0.15, 0.2) is 0 Å². The smallest absolute Gasteiger partial charge is 0.00138 e. The van der Waals surface area contributed by atoms with Crippen LogP contribution in [-0.4, -0.2) is 0 Å². The first-order valence-electron chi connectivity index (χ1n) is 2.22. The first-order valence-corrected chi connectivity index (χ1v) is 2.22. The van der Waals surface area contributed by atoms with E-state index >= 15 is 0 Å². The van der Waals surface area contributed by atoms with Crippen molar-refractivity contribution in [1.29, 1.82) is 0 Å². The van der Waals surface area contributed by atoms with Gasteiger partial charge in [0.25, 0.3) is 0 Å². The second-order valence-corrected chi connectivity index (χ2v) is 0.985. The van der Waals surface area contributed by atoms with Crippen LogP contribution in [0.2, 0.25) is 0 Å². The van der Waals surface area contributed by atoms with E-state index in [0.29, 0.717) is 0 Å². The lowest BCUT2D eigenvalue weighted by Gasteiger charge is -1.42. The van der Waals surface area contributed by atoms with E-state index in [1.807, 2.05) is 6.92 Å². The third-order valence-electron chi connectivity index (χ3n) is 0.430. The molecule has 0 aliphatic heterocycles. The van der Waals surface area contributed by atoms with Crippen molar-refractivity contribution in [2.75, 3.05) is 0 Å². The summed E-state index contributed by atoms with van der Waals surface area (Å²) in [7, 11) is 0. The van der Waals surface area contributed by atoms with Crippen LogP contribution in [0.3, 0.4) is 0 Å². The molecule has 0 amide bonds. The molecule has 0 rings (SSSR count). The summed E-state index contributed by atoms with van der Waals surface area (Å²) in [5.41, 5.74) is 12.6. The SMILES string of the molecule is C=C=C=C=C=C=CC. The van der Waals surface area contributed by atoms with E-state index < -0.39 is 0 Å². The van der Waals surface area contributed by atoms with Gasteiger partial charge in [0.1, 0.15) is 0 Å². The highest BCUT2D eigenvalue weighted by atomic mass is 13.4. The zero-order chi connectivity index (χ0) is 6.24. The fraction of sp³-hybridized carbons (Fsp3) is 0.125. The Balaban J connectivity index is 4.76. The van der Waals surface area contributed by atoms with Crippen LogP contribution in [0.4, 0.5) is 0 Å². The molecule has 0 saturated heterocycles. The van der Waals surface area contributed by atoms with Crippen LogP contribution in [0.1, 0.15) is 6.92 Å². The number of allylic oxidation sites excluding steroid dienone is 1. The molecular weight excluding hydrogens is 96.1 g/mol. The fourth-order valence-electron chi connectivity index (χ4n) is 0.184. The molecule has 0 saturated carbocycles. The van der Waals surface area contributed by atoms with Crippen LogP contribution in [0, 0.1) is 0 Å². The van der Waals surface area contributed by atoms with E-state index in [1.165, 1.54) is 0 Å². The van der Waals surface area contributed by atoms with Gasteiger partial charge in [0, 0.05) is 0 Å². The zero-order valence-electron chi connectivity index (χ0n) is 4.78. The van der Waals surface area contributed by atoms with Crippen molar-refractivity contribution in [1.82, 2.24) is 0 Å². The number of hydrogen-bond donors (Lipinski definition) is 0. The minimum atomic E-state index is 1.73. The summed E-state index contributed by atoms with van der Waals surface area (Å²) >= 11 is 0. The van der Waals surface area contributed by atoms with Crippen molar-refractivity contribution < 1.29 is 0 Å². The van der Waals surface area contributed by atoms with Gasteiger partial charge in [-0.2, -0.15) is 0 Å². The predicted molar refractivity (Wildman–Crippen MR) is 33.4 cm³/mol. The van der Waals surface area contributed by atoms with Crippen molar-refractivity contribution in [3.05, 3.63) is 41.3 Å². The molecule has 0 radical (unpaired) electrons. The van der Waals surface area contributed by atoms with E-state index in [1.54, 1.807) is 6.08 Å². The fourth-order valence-corrected chi connectivity index (χ4v) is 0.184. The lowest BCUT2D eigenvalue weighted by Crippen LogP contribution is -1.23. The molecule has 0 spiro atoms. The molecule has 0 bridgehead atoms. The predicted octanol–water partition coefficient (Wildman–Crippen LogP) is 1.97. The van der Waals surface area contributed by atoms with Crippen LogP contribution >= 0.6 is 0 Å². The van der Waals surface area contributed by atoms with Crippen molar-refractivity contribution in [3.63, 3.8) is 0 Å². The van der Waals surface area contributed by atoms with Crippen LogP contribution in [0.5, 0.6) is 0 Å². The van der Waals surface area contributed by atoms with Gasteiger partial charge in [-0.25, -0.2) is 0 Å². The van der Waals surface area contributed by atoms with E-state index in [9.17, 15) is 0 Å². The summed E-state index contributed by atoms with van der Waals surface area (Å²) in [4.78, 5) is 0. The van der Waals surface area contributed by atoms with Gasteiger partial charge in [0.2, 0.25) is 0 Å². The minimum absolute atomic E-state index is 1.73. The Bertz CT molecular complexity index is 227. The Hall–Kier alpha value is -1.36. The van der Waals surface area contributed by atoms with Gasteiger partial charge in [-0.05, 0) is 36.8 Å².